The SMILES string of the molecule is CCF.O=C(Nc1ccc(Oc2ccc(Oc3ccc(NS(=O)Oc4ccc(Oc5ccccc5)cc4)cc3)cc2)cc1)C(F)(OF)C(F)(F)F. The van der Waals surface area contributed by atoms with Crippen LogP contribution in [0.2, 0.25) is 0 Å². The molecule has 0 bridgehead atoms. The van der Waals surface area contributed by atoms with Crippen LogP contribution in [0.25, 0.3) is 0 Å². The summed E-state index contributed by atoms with van der Waals surface area (Å²) < 4.78 is 112. The van der Waals surface area contributed by atoms with Crippen molar-refractivity contribution in [3.63, 3.8) is 0 Å². The zero-order valence-electron chi connectivity index (χ0n) is 26.4. The van der Waals surface area contributed by atoms with Crippen molar-refractivity contribution in [1.82, 2.24) is 0 Å². The van der Waals surface area contributed by atoms with E-state index in [0.717, 1.165) is 12.1 Å². The Bertz CT molecular complexity index is 1850. The normalized spacial score (nSPS) is 12.6. The fourth-order valence-electron chi connectivity index (χ4n) is 3.86. The predicted octanol–water partition coefficient (Wildman–Crippen LogP) is 10.2. The molecular formula is C35H28F6N2O7S. The van der Waals surface area contributed by atoms with Gasteiger partial charge in [-0.05, 0) is 121 Å². The highest BCUT2D eigenvalue weighted by molar-refractivity contribution is 7.81. The third kappa shape index (κ3) is 11.1. The van der Waals surface area contributed by atoms with E-state index in [1.807, 2.05) is 30.3 Å². The summed E-state index contributed by atoms with van der Waals surface area (Å²) in [6, 6.07) is 33.8. The number of para-hydroxylation sites is 1. The highest BCUT2D eigenvalue weighted by Gasteiger charge is 2.65. The van der Waals surface area contributed by atoms with Crippen molar-refractivity contribution in [3.8, 4) is 40.2 Å². The molecule has 51 heavy (non-hydrogen) atoms. The van der Waals surface area contributed by atoms with E-state index in [-0.39, 0.29) is 18.1 Å². The highest BCUT2D eigenvalue weighted by Crippen LogP contribution is 2.37. The Kier molecular flexibility index (Phi) is 13.3. The van der Waals surface area contributed by atoms with E-state index in [1.165, 1.54) is 19.1 Å². The maximum atomic E-state index is 13.6. The molecule has 0 heterocycles. The Morgan fingerprint density at radius 2 is 0.961 bits per heavy atom. The average molecular weight is 735 g/mol. The number of nitrogens with one attached hydrogen (secondary N) is 2. The summed E-state index contributed by atoms with van der Waals surface area (Å²) in [5.41, 5.74) is 0.249. The zero-order valence-corrected chi connectivity index (χ0v) is 27.2. The lowest BCUT2D eigenvalue weighted by Crippen LogP contribution is -2.51. The molecule has 9 nitrogen and oxygen atoms in total. The molecule has 0 aliphatic carbocycles. The van der Waals surface area contributed by atoms with Crippen LogP contribution in [0.4, 0.5) is 37.9 Å². The van der Waals surface area contributed by atoms with Gasteiger partial charge in [-0.1, -0.05) is 18.2 Å². The van der Waals surface area contributed by atoms with Gasteiger partial charge in [-0.3, -0.25) is 13.9 Å². The van der Waals surface area contributed by atoms with E-state index >= 15 is 0 Å². The fourth-order valence-corrected chi connectivity index (χ4v) is 4.51. The summed E-state index contributed by atoms with van der Waals surface area (Å²) in [5, 5.41) is 1.59. The third-order valence-corrected chi connectivity index (χ3v) is 6.95. The predicted molar refractivity (Wildman–Crippen MR) is 177 cm³/mol. The standard InChI is InChI=1S/C33H23F5N2O7S.C2H5F/c34-32(47-38,33(35,36)37)31(41)39-22-6-10-25(11-7-22)44-27-14-16-28(17-15-27)45-26-12-8-23(9-13-26)40-48(42)46-30-20-18-29(19-21-30)43-24-4-2-1-3-5-24;1-2-3/h1-21,40H,(H,39,41);2H2,1H3. The molecule has 268 valence electrons. The minimum atomic E-state index is -5.93. The summed E-state index contributed by atoms with van der Waals surface area (Å²) in [6.07, 6.45) is -5.93. The van der Waals surface area contributed by atoms with E-state index in [0.29, 0.717) is 40.2 Å². The number of carbonyl (C=O) groups is 1. The summed E-state index contributed by atoms with van der Waals surface area (Å²) in [6.45, 7) is 1.21. The molecular weight excluding hydrogens is 706 g/mol. The smallest absolute Gasteiger partial charge is 0.457 e. The molecule has 2 unspecified atom stereocenters. The van der Waals surface area contributed by atoms with Gasteiger partial charge in [0.2, 0.25) is 0 Å². The van der Waals surface area contributed by atoms with Crippen LogP contribution in [0.15, 0.2) is 127 Å². The molecule has 5 rings (SSSR count). The first kappa shape index (κ1) is 38.1. The molecule has 0 fully saturated rings. The topological polar surface area (TPSA) is 104 Å². The summed E-state index contributed by atoms with van der Waals surface area (Å²) in [5.74, 6) is -4.35. The maximum Gasteiger partial charge on any atom is 0.461 e. The molecule has 0 aliphatic rings. The van der Waals surface area contributed by atoms with Crippen molar-refractivity contribution in [2.45, 2.75) is 19.0 Å². The molecule has 0 radical (unpaired) electrons. The van der Waals surface area contributed by atoms with Gasteiger partial charge < -0.3 is 23.7 Å². The van der Waals surface area contributed by atoms with E-state index in [9.17, 15) is 35.5 Å². The molecule has 0 spiro atoms. The number of ether oxygens (including phenoxy) is 3. The molecule has 5 aromatic carbocycles. The van der Waals surface area contributed by atoms with E-state index in [1.54, 1.807) is 78.1 Å². The van der Waals surface area contributed by atoms with Crippen molar-refractivity contribution in [3.05, 3.63) is 127 Å². The minimum Gasteiger partial charge on any atom is -0.457 e. The zero-order chi connectivity index (χ0) is 36.9. The Morgan fingerprint density at radius 3 is 1.35 bits per heavy atom. The molecule has 16 heteroatoms. The first-order valence-corrected chi connectivity index (χ1v) is 15.8. The van der Waals surface area contributed by atoms with Crippen LogP contribution in [0.1, 0.15) is 6.92 Å². The molecule has 2 N–H and O–H groups in total. The monoisotopic (exact) mass is 734 g/mol. The van der Waals surface area contributed by atoms with Gasteiger partial charge in [0.25, 0.3) is 0 Å². The lowest BCUT2D eigenvalue weighted by molar-refractivity contribution is -0.379. The number of benzene rings is 5. The Balaban J connectivity index is 0.00000188. The Labute approximate surface area is 290 Å². The van der Waals surface area contributed by atoms with Crippen molar-refractivity contribution in [2.24, 2.45) is 0 Å². The third-order valence-electron chi connectivity index (χ3n) is 6.20. The van der Waals surface area contributed by atoms with Gasteiger partial charge in [0.15, 0.2) is 0 Å². The lowest BCUT2D eigenvalue weighted by atomic mass is 10.2. The summed E-state index contributed by atoms with van der Waals surface area (Å²) >= 11 is -1.88. The maximum absolute atomic E-state index is 13.6. The Hall–Kier alpha value is -5.74. The van der Waals surface area contributed by atoms with E-state index < -0.39 is 29.2 Å². The number of amides is 1. The summed E-state index contributed by atoms with van der Waals surface area (Å²) in [7, 11) is 0. The number of carbonyl (C=O) groups excluding carboxylic acids is 1. The van der Waals surface area contributed by atoms with Crippen LogP contribution < -0.4 is 28.4 Å². The van der Waals surface area contributed by atoms with Crippen LogP contribution >= 0.6 is 0 Å². The van der Waals surface area contributed by atoms with Crippen molar-refractivity contribution in [2.75, 3.05) is 16.7 Å². The van der Waals surface area contributed by atoms with Gasteiger partial charge in [-0.15, -0.1) is 4.94 Å². The van der Waals surface area contributed by atoms with Gasteiger partial charge >= 0.3 is 29.2 Å². The second-order valence-corrected chi connectivity index (χ2v) is 10.8. The lowest BCUT2D eigenvalue weighted by Gasteiger charge is -2.21. The van der Waals surface area contributed by atoms with Gasteiger partial charge in [0.05, 0.1) is 6.67 Å². The van der Waals surface area contributed by atoms with Gasteiger partial charge in [-0.25, -0.2) is 0 Å². The summed E-state index contributed by atoms with van der Waals surface area (Å²) in [4.78, 5) is 13.9. The van der Waals surface area contributed by atoms with Gasteiger partial charge in [0, 0.05) is 11.4 Å². The number of rotatable bonds is 13. The van der Waals surface area contributed by atoms with Crippen LogP contribution in [-0.2, 0) is 21.0 Å². The molecule has 5 aromatic rings. The van der Waals surface area contributed by atoms with Crippen molar-refractivity contribution >= 4 is 28.5 Å². The average Bonchev–Trinajstić information content (AvgIpc) is 3.11. The minimum absolute atomic E-state index is 0.226. The highest BCUT2D eigenvalue weighted by atomic mass is 32.2. The number of halogens is 6. The fraction of sp³-hybridized carbons (Fsp3) is 0.114. The molecule has 0 aliphatic heterocycles. The molecule has 0 saturated heterocycles. The van der Waals surface area contributed by atoms with Crippen LogP contribution in [0.5, 0.6) is 40.2 Å². The molecule has 0 aromatic heterocycles. The number of hydrogen-bond acceptors (Lipinski definition) is 7. The van der Waals surface area contributed by atoms with Crippen molar-refractivity contribution < 1.29 is 58.8 Å². The second kappa shape index (κ2) is 17.8. The number of hydrogen-bond donors (Lipinski definition) is 2. The molecule has 2 atom stereocenters. The van der Waals surface area contributed by atoms with Crippen molar-refractivity contribution in [1.29, 1.82) is 0 Å². The Morgan fingerprint density at radius 1 is 0.608 bits per heavy atom. The quantitative estimate of drug-likeness (QED) is 0.116. The van der Waals surface area contributed by atoms with Crippen LogP contribution in [-0.4, -0.2) is 28.8 Å². The number of anilines is 2. The molecule has 0 saturated carbocycles. The van der Waals surface area contributed by atoms with E-state index in [4.69, 9.17) is 18.4 Å². The van der Waals surface area contributed by atoms with Crippen LogP contribution in [0, 0.1) is 0 Å². The largest absolute Gasteiger partial charge is 0.461 e. The number of alkyl halides is 5. The first-order chi connectivity index (χ1) is 24.4. The van der Waals surface area contributed by atoms with Gasteiger partial charge in [-0.2, -0.15) is 21.8 Å². The van der Waals surface area contributed by atoms with Crippen LogP contribution in [0.3, 0.4) is 0 Å². The second-order valence-electron chi connectivity index (χ2n) is 9.92. The van der Waals surface area contributed by atoms with Gasteiger partial charge in [0.1, 0.15) is 40.2 Å². The van der Waals surface area contributed by atoms with E-state index in [2.05, 4.69) is 9.66 Å². The molecule has 1 amide bonds. The first-order valence-electron chi connectivity index (χ1n) is 14.7.